The van der Waals surface area contributed by atoms with Crippen LogP contribution in [0.5, 0.6) is 5.88 Å². The Morgan fingerprint density at radius 3 is 2.18 bits per heavy atom. The van der Waals surface area contributed by atoms with Crippen LogP contribution in [-0.2, 0) is 18.9 Å². The van der Waals surface area contributed by atoms with Crippen LogP contribution < -0.4 is 9.64 Å². The molecule has 0 saturated carbocycles. The summed E-state index contributed by atoms with van der Waals surface area (Å²) in [5, 5.41) is 0. The highest BCUT2D eigenvalue weighted by Gasteiger charge is 2.38. The monoisotopic (exact) mass is 552 g/mol. The molecule has 0 saturated heterocycles. The molecule has 0 aliphatic carbocycles. The summed E-state index contributed by atoms with van der Waals surface area (Å²) in [4.78, 5) is 25.8. The molecule has 12 heteroatoms. The summed E-state index contributed by atoms with van der Waals surface area (Å²) in [6, 6.07) is 8.51. The number of ether oxygens (including phenoxy) is 1. The van der Waals surface area contributed by atoms with Crippen LogP contribution in [0, 0.1) is 12.8 Å². The number of alkyl halides is 6. The predicted molar refractivity (Wildman–Crippen MR) is 132 cm³/mol. The van der Waals surface area contributed by atoms with Crippen LogP contribution in [0.1, 0.15) is 39.5 Å². The van der Waals surface area contributed by atoms with Crippen LogP contribution in [0.15, 0.2) is 42.5 Å². The highest BCUT2D eigenvalue weighted by Crippen LogP contribution is 2.38. The number of hydrogen-bond acceptors (Lipinski definition) is 5. The molecule has 0 radical (unpaired) electrons. The minimum Gasteiger partial charge on any atom is -0.477 e. The molecule has 0 fully saturated rings. The van der Waals surface area contributed by atoms with Crippen molar-refractivity contribution in [2.45, 2.75) is 32.7 Å². The van der Waals surface area contributed by atoms with E-state index < -0.39 is 35.9 Å². The summed E-state index contributed by atoms with van der Waals surface area (Å²) in [5.41, 5.74) is -1.53. The Balaban J connectivity index is 1.87. The molecule has 0 N–H and O–H groups in total. The van der Waals surface area contributed by atoms with Gasteiger partial charge in [0.1, 0.15) is 5.56 Å². The van der Waals surface area contributed by atoms with Gasteiger partial charge >= 0.3 is 12.4 Å². The second kappa shape index (κ2) is 10.4. The molecule has 1 amide bonds. The van der Waals surface area contributed by atoms with Gasteiger partial charge in [-0.15, -0.1) is 0 Å². The third-order valence-electron chi connectivity index (χ3n) is 6.22. The normalized spacial score (nSPS) is 16.3. The zero-order valence-electron chi connectivity index (χ0n) is 21.6. The highest BCUT2D eigenvalue weighted by atomic mass is 19.4. The Hall–Kier alpha value is -3.83. The molecule has 39 heavy (non-hydrogen) atoms. The Bertz CT molecular complexity index is 1360. The van der Waals surface area contributed by atoms with Crippen molar-refractivity contribution < 1.29 is 35.9 Å². The lowest BCUT2D eigenvalue weighted by molar-refractivity contribution is -0.143. The first-order valence-corrected chi connectivity index (χ1v) is 12.0. The summed E-state index contributed by atoms with van der Waals surface area (Å²) in [6.45, 7) is 3.24. The maximum Gasteiger partial charge on any atom is 0.416 e. The number of benzene rings is 2. The highest BCUT2D eigenvalue weighted by molar-refractivity contribution is 6.02. The summed E-state index contributed by atoms with van der Waals surface area (Å²) >= 11 is 0. The van der Waals surface area contributed by atoms with Crippen molar-refractivity contribution in [1.82, 2.24) is 14.9 Å². The maximum atomic E-state index is 14.0. The van der Waals surface area contributed by atoms with Gasteiger partial charge in [0.05, 0.1) is 23.4 Å². The molecule has 3 aromatic rings. The van der Waals surface area contributed by atoms with Gasteiger partial charge in [0.2, 0.25) is 11.8 Å². The molecular weight excluding hydrogens is 526 g/mol. The molecule has 1 atom stereocenters. The SMILES string of the molecule is Cc1ccccc1-c1nc(N(C)C)nc2c1C(=O)N(Cc1cc(C(F)(F)F)cc(C(F)(F)F)c1)C[C@H](C)CO2. The molecule has 0 bridgehead atoms. The lowest BCUT2D eigenvalue weighted by atomic mass is 9.99. The average Bonchev–Trinajstić information content (AvgIpc) is 2.84. The number of aryl methyl sites for hydroxylation is 1. The van der Waals surface area contributed by atoms with E-state index in [1.807, 2.05) is 19.1 Å². The smallest absolute Gasteiger partial charge is 0.416 e. The second-order valence-electron chi connectivity index (χ2n) is 9.78. The lowest BCUT2D eigenvalue weighted by Crippen LogP contribution is -2.39. The summed E-state index contributed by atoms with van der Waals surface area (Å²) < 4.78 is 86.7. The van der Waals surface area contributed by atoms with Crippen molar-refractivity contribution in [3.05, 3.63) is 70.3 Å². The van der Waals surface area contributed by atoms with E-state index in [0.717, 1.165) is 5.56 Å². The van der Waals surface area contributed by atoms with Gasteiger partial charge in [0.25, 0.3) is 5.91 Å². The zero-order valence-corrected chi connectivity index (χ0v) is 21.6. The van der Waals surface area contributed by atoms with E-state index in [1.165, 1.54) is 4.90 Å². The number of carbonyl (C=O) groups is 1. The Kier molecular flexibility index (Phi) is 7.50. The average molecular weight is 553 g/mol. The maximum absolute atomic E-state index is 14.0. The van der Waals surface area contributed by atoms with Crippen LogP contribution in [0.3, 0.4) is 0 Å². The fourth-order valence-corrected chi connectivity index (χ4v) is 4.32. The fourth-order valence-electron chi connectivity index (χ4n) is 4.32. The standard InChI is InChI=1S/C27H26F6N4O2/c1-15-12-37(13-17-9-18(26(28,29)30)11-19(10-17)27(31,32)33)24(38)21-22(20-8-6-5-7-16(20)2)34-25(36(3)4)35-23(21)39-14-15/h5-11,15H,12-14H2,1-4H3/t15-/m0/s1. The van der Waals surface area contributed by atoms with Crippen molar-refractivity contribution >= 4 is 11.9 Å². The van der Waals surface area contributed by atoms with Gasteiger partial charge in [0.15, 0.2) is 0 Å². The molecule has 1 aliphatic heterocycles. The minimum absolute atomic E-state index is 0.00599. The number of anilines is 1. The first kappa shape index (κ1) is 28.2. The van der Waals surface area contributed by atoms with E-state index in [1.54, 1.807) is 38.1 Å². The third-order valence-corrected chi connectivity index (χ3v) is 6.22. The van der Waals surface area contributed by atoms with Crippen LogP contribution >= 0.6 is 0 Å². The predicted octanol–water partition coefficient (Wildman–Crippen LogP) is 6.23. The lowest BCUT2D eigenvalue weighted by Gasteiger charge is -2.31. The van der Waals surface area contributed by atoms with E-state index in [0.29, 0.717) is 17.7 Å². The number of halogens is 6. The van der Waals surface area contributed by atoms with Crippen LogP contribution in [-0.4, -0.2) is 48.0 Å². The topological polar surface area (TPSA) is 58.6 Å². The molecule has 1 aromatic heterocycles. The summed E-state index contributed by atoms with van der Waals surface area (Å²) in [7, 11) is 3.43. The Morgan fingerprint density at radius 1 is 1.00 bits per heavy atom. The molecule has 1 aliphatic rings. The van der Waals surface area contributed by atoms with E-state index in [4.69, 9.17) is 4.74 Å². The van der Waals surface area contributed by atoms with Gasteiger partial charge in [-0.2, -0.15) is 31.3 Å². The van der Waals surface area contributed by atoms with Crippen molar-refractivity contribution in [2.75, 3.05) is 32.1 Å². The molecule has 2 aromatic carbocycles. The molecule has 2 heterocycles. The molecule has 0 unspecified atom stereocenters. The Morgan fingerprint density at radius 2 is 1.62 bits per heavy atom. The van der Waals surface area contributed by atoms with E-state index >= 15 is 0 Å². The largest absolute Gasteiger partial charge is 0.477 e. The van der Waals surface area contributed by atoms with Gasteiger partial charge in [-0.25, -0.2) is 4.98 Å². The number of hydrogen-bond donors (Lipinski definition) is 0. The third kappa shape index (κ3) is 6.10. The first-order chi connectivity index (χ1) is 18.1. The first-order valence-electron chi connectivity index (χ1n) is 12.0. The number of amides is 1. The number of nitrogens with zero attached hydrogens (tertiary/aromatic N) is 4. The van der Waals surface area contributed by atoms with Crippen LogP contribution in [0.25, 0.3) is 11.3 Å². The summed E-state index contributed by atoms with van der Waals surface area (Å²) in [5.74, 6) is -0.693. The fraction of sp³-hybridized carbons (Fsp3) is 0.370. The van der Waals surface area contributed by atoms with Gasteiger partial charge in [-0.3, -0.25) is 4.79 Å². The van der Waals surface area contributed by atoms with Gasteiger partial charge < -0.3 is 14.5 Å². The van der Waals surface area contributed by atoms with Crippen molar-refractivity contribution in [3.8, 4) is 17.1 Å². The van der Waals surface area contributed by atoms with Crippen LogP contribution in [0.4, 0.5) is 32.3 Å². The van der Waals surface area contributed by atoms with Gasteiger partial charge in [-0.05, 0) is 36.2 Å². The number of fused-ring (bicyclic) bond motifs is 1. The van der Waals surface area contributed by atoms with Gasteiger partial charge in [-0.1, -0.05) is 31.2 Å². The van der Waals surface area contributed by atoms with E-state index in [2.05, 4.69) is 9.97 Å². The molecule has 4 rings (SSSR count). The Labute approximate surface area is 221 Å². The second-order valence-corrected chi connectivity index (χ2v) is 9.78. The van der Waals surface area contributed by atoms with E-state index in [-0.39, 0.29) is 53.8 Å². The minimum atomic E-state index is -5.00. The van der Waals surface area contributed by atoms with Crippen molar-refractivity contribution in [1.29, 1.82) is 0 Å². The van der Waals surface area contributed by atoms with Gasteiger partial charge in [0, 0.05) is 38.7 Å². The molecular formula is C27H26F6N4O2. The molecule has 6 nitrogen and oxygen atoms in total. The van der Waals surface area contributed by atoms with Crippen molar-refractivity contribution in [2.24, 2.45) is 5.92 Å². The quantitative estimate of drug-likeness (QED) is 0.360. The zero-order chi connectivity index (χ0) is 28.7. The van der Waals surface area contributed by atoms with Crippen LogP contribution in [0.2, 0.25) is 0 Å². The van der Waals surface area contributed by atoms with Crippen molar-refractivity contribution in [3.63, 3.8) is 0 Å². The molecule has 0 spiro atoms. The number of aromatic nitrogens is 2. The number of carbonyl (C=O) groups excluding carboxylic acids is 1. The number of rotatable bonds is 4. The molecule has 208 valence electrons. The van der Waals surface area contributed by atoms with E-state index in [9.17, 15) is 31.1 Å². The summed E-state index contributed by atoms with van der Waals surface area (Å²) in [6.07, 6.45) is -10.0.